The Kier molecular flexibility index (Phi) is 2.92. The Morgan fingerprint density at radius 3 is 3.09 bits per heavy atom. The number of aromatic amines is 1. The highest BCUT2D eigenvalue weighted by Crippen LogP contribution is 2.31. The fourth-order valence-electron chi connectivity index (χ4n) is 3.03. The molecule has 1 amide bonds. The number of H-pyrrole nitrogens is 1. The van der Waals surface area contributed by atoms with Crippen molar-refractivity contribution >= 4 is 22.6 Å². The van der Waals surface area contributed by atoms with Gasteiger partial charge < -0.3 is 9.88 Å². The van der Waals surface area contributed by atoms with Gasteiger partial charge in [0.1, 0.15) is 5.82 Å². The number of hydrogen-bond acceptors (Lipinski definition) is 2. The van der Waals surface area contributed by atoms with Crippen LogP contribution in [0.3, 0.4) is 0 Å². The predicted molar refractivity (Wildman–Crippen MR) is 82.5 cm³/mol. The molecule has 1 aromatic heterocycles. The maximum absolute atomic E-state index is 14.2. The molecule has 0 spiro atoms. The van der Waals surface area contributed by atoms with E-state index in [1.807, 2.05) is 6.07 Å². The minimum Gasteiger partial charge on any atom is -0.345 e. The number of nitrogens with one attached hydrogen (secondary N) is 1. The standard InChI is InChI=1S/C17H14FN3O/c18-13-5-1-3-11-4-2-8-21(16(11)13)17(22)12-6-7-14-15(9-12)20-10-19-14/h1,3,5-7,9-10H,2,4,8H2,(H,19,20). The highest BCUT2D eigenvalue weighted by atomic mass is 19.1. The van der Waals surface area contributed by atoms with Gasteiger partial charge in [0.25, 0.3) is 5.91 Å². The van der Waals surface area contributed by atoms with Crippen LogP contribution in [-0.4, -0.2) is 22.4 Å². The van der Waals surface area contributed by atoms with Crippen molar-refractivity contribution in [3.63, 3.8) is 0 Å². The fraction of sp³-hybridized carbons (Fsp3) is 0.176. The number of carbonyl (C=O) groups excluding carboxylic acids is 1. The average Bonchev–Trinajstić information content (AvgIpc) is 3.01. The highest BCUT2D eigenvalue weighted by Gasteiger charge is 2.26. The highest BCUT2D eigenvalue weighted by molar-refractivity contribution is 6.08. The fourth-order valence-corrected chi connectivity index (χ4v) is 3.03. The number of hydrogen-bond donors (Lipinski definition) is 1. The molecule has 5 heteroatoms. The summed E-state index contributed by atoms with van der Waals surface area (Å²) in [6.45, 7) is 0.535. The van der Waals surface area contributed by atoms with Crippen molar-refractivity contribution in [2.75, 3.05) is 11.4 Å². The Balaban J connectivity index is 1.77. The smallest absolute Gasteiger partial charge is 0.258 e. The molecule has 0 radical (unpaired) electrons. The average molecular weight is 295 g/mol. The molecule has 22 heavy (non-hydrogen) atoms. The van der Waals surface area contributed by atoms with Crippen LogP contribution in [0.15, 0.2) is 42.7 Å². The van der Waals surface area contributed by atoms with Crippen LogP contribution in [0.5, 0.6) is 0 Å². The molecule has 0 saturated carbocycles. The summed E-state index contributed by atoms with van der Waals surface area (Å²) in [4.78, 5) is 21.5. The molecular formula is C17H14FN3O. The van der Waals surface area contributed by atoms with Gasteiger partial charge in [-0.05, 0) is 42.7 Å². The lowest BCUT2D eigenvalue weighted by Gasteiger charge is -2.29. The summed E-state index contributed by atoms with van der Waals surface area (Å²) in [5.41, 5.74) is 3.46. The van der Waals surface area contributed by atoms with Crippen LogP contribution in [0.1, 0.15) is 22.3 Å². The Morgan fingerprint density at radius 2 is 2.18 bits per heavy atom. The van der Waals surface area contributed by atoms with Crippen molar-refractivity contribution in [3.8, 4) is 0 Å². The first kappa shape index (κ1) is 13.0. The number of benzene rings is 2. The summed E-state index contributed by atoms with van der Waals surface area (Å²) in [5, 5.41) is 0. The molecule has 0 saturated heterocycles. The summed E-state index contributed by atoms with van der Waals surface area (Å²) in [6, 6.07) is 10.3. The molecule has 2 heterocycles. The molecule has 0 fully saturated rings. The zero-order valence-electron chi connectivity index (χ0n) is 11.8. The van der Waals surface area contributed by atoms with Gasteiger partial charge in [-0.15, -0.1) is 0 Å². The lowest BCUT2D eigenvalue weighted by molar-refractivity contribution is 0.0984. The zero-order valence-corrected chi connectivity index (χ0v) is 11.8. The van der Waals surface area contributed by atoms with Crippen molar-refractivity contribution in [1.29, 1.82) is 0 Å². The number of aromatic nitrogens is 2. The molecule has 0 atom stereocenters. The monoisotopic (exact) mass is 295 g/mol. The molecule has 110 valence electrons. The predicted octanol–water partition coefficient (Wildman–Crippen LogP) is 3.30. The number of anilines is 1. The number of amides is 1. The Bertz CT molecular complexity index is 871. The molecule has 1 aliphatic heterocycles. The number of halogens is 1. The van der Waals surface area contributed by atoms with Crippen molar-refractivity contribution in [1.82, 2.24) is 9.97 Å². The van der Waals surface area contributed by atoms with Crippen LogP contribution >= 0.6 is 0 Å². The summed E-state index contributed by atoms with van der Waals surface area (Å²) >= 11 is 0. The number of imidazole rings is 1. The number of fused-ring (bicyclic) bond motifs is 2. The van der Waals surface area contributed by atoms with Gasteiger partial charge in [0, 0.05) is 12.1 Å². The molecule has 0 aliphatic carbocycles. The van der Waals surface area contributed by atoms with Crippen molar-refractivity contribution in [2.45, 2.75) is 12.8 Å². The quantitative estimate of drug-likeness (QED) is 0.749. The van der Waals surface area contributed by atoms with Crippen LogP contribution in [0.4, 0.5) is 10.1 Å². The van der Waals surface area contributed by atoms with Gasteiger partial charge in [0.15, 0.2) is 0 Å². The van der Waals surface area contributed by atoms with Gasteiger partial charge in [-0.1, -0.05) is 12.1 Å². The first-order valence-corrected chi connectivity index (χ1v) is 7.26. The maximum atomic E-state index is 14.2. The van der Waals surface area contributed by atoms with Crippen LogP contribution in [0.25, 0.3) is 11.0 Å². The van der Waals surface area contributed by atoms with E-state index in [0.29, 0.717) is 17.8 Å². The molecule has 0 bridgehead atoms. The molecule has 2 aromatic carbocycles. The SMILES string of the molecule is O=C(c1ccc2nc[nH]c2c1)N1CCCc2cccc(F)c21. The van der Waals surface area contributed by atoms with Gasteiger partial charge in [0.2, 0.25) is 0 Å². The first-order chi connectivity index (χ1) is 10.7. The maximum Gasteiger partial charge on any atom is 0.258 e. The van der Waals surface area contributed by atoms with E-state index < -0.39 is 0 Å². The van der Waals surface area contributed by atoms with Crippen molar-refractivity contribution in [2.24, 2.45) is 0 Å². The Hall–Kier alpha value is -2.69. The van der Waals surface area contributed by atoms with Crippen LogP contribution in [0, 0.1) is 5.82 Å². The first-order valence-electron chi connectivity index (χ1n) is 7.26. The second-order valence-electron chi connectivity index (χ2n) is 5.44. The minimum atomic E-state index is -0.340. The van der Waals surface area contributed by atoms with E-state index in [1.54, 1.807) is 35.5 Å². The van der Waals surface area contributed by atoms with Crippen LogP contribution in [0.2, 0.25) is 0 Å². The summed E-state index contributed by atoms with van der Waals surface area (Å²) in [7, 11) is 0. The van der Waals surface area contributed by atoms with Crippen molar-refractivity contribution in [3.05, 3.63) is 59.7 Å². The van der Waals surface area contributed by atoms with Gasteiger partial charge in [-0.2, -0.15) is 0 Å². The van der Waals surface area contributed by atoms with E-state index in [0.717, 1.165) is 29.4 Å². The van der Waals surface area contributed by atoms with E-state index in [-0.39, 0.29) is 11.7 Å². The normalized spacial score (nSPS) is 14.1. The summed E-state index contributed by atoms with van der Waals surface area (Å²) < 4.78 is 14.2. The minimum absolute atomic E-state index is 0.178. The van der Waals surface area contributed by atoms with E-state index in [2.05, 4.69) is 9.97 Å². The van der Waals surface area contributed by atoms with Crippen LogP contribution < -0.4 is 4.90 Å². The van der Waals surface area contributed by atoms with Gasteiger partial charge >= 0.3 is 0 Å². The third-order valence-corrected chi connectivity index (χ3v) is 4.08. The second-order valence-corrected chi connectivity index (χ2v) is 5.44. The molecule has 1 N–H and O–H groups in total. The largest absolute Gasteiger partial charge is 0.345 e. The zero-order chi connectivity index (χ0) is 15.1. The van der Waals surface area contributed by atoms with Gasteiger partial charge in [-0.25, -0.2) is 9.37 Å². The number of nitrogens with zero attached hydrogens (tertiary/aromatic N) is 2. The summed E-state index contributed by atoms with van der Waals surface area (Å²) in [6.07, 6.45) is 3.24. The Morgan fingerprint density at radius 1 is 1.27 bits per heavy atom. The molecule has 3 aromatic rings. The molecule has 4 rings (SSSR count). The lowest BCUT2D eigenvalue weighted by atomic mass is 10.0. The lowest BCUT2D eigenvalue weighted by Crippen LogP contribution is -2.36. The van der Waals surface area contributed by atoms with Crippen LogP contribution in [-0.2, 0) is 6.42 Å². The summed E-state index contributed by atoms with van der Waals surface area (Å²) in [5.74, 6) is -0.518. The van der Waals surface area contributed by atoms with Gasteiger partial charge in [0.05, 0.1) is 23.0 Å². The molecule has 4 nitrogen and oxygen atoms in total. The van der Waals surface area contributed by atoms with E-state index >= 15 is 0 Å². The second kappa shape index (κ2) is 4.94. The van der Waals surface area contributed by atoms with Gasteiger partial charge in [-0.3, -0.25) is 4.79 Å². The van der Waals surface area contributed by atoms with E-state index in [9.17, 15) is 9.18 Å². The third kappa shape index (κ3) is 1.97. The number of aryl methyl sites for hydroxylation is 1. The number of para-hydroxylation sites is 1. The number of carbonyl (C=O) groups is 1. The molecule has 0 unspecified atom stereocenters. The van der Waals surface area contributed by atoms with E-state index in [1.165, 1.54) is 6.07 Å². The Labute approximate surface area is 126 Å². The topological polar surface area (TPSA) is 49.0 Å². The van der Waals surface area contributed by atoms with Crippen molar-refractivity contribution < 1.29 is 9.18 Å². The van der Waals surface area contributed by atoms with E-state index in [4.69, 9.17) is 0 Å². The molecule has 1 aliphatic rings. The third-order valence-electron chi connectivity index (χ3n) is 4.08. The molecular weight excluding hydrogens is 281 g/mol. The number of rotatable bonds is 1.